The standard InChI is InChI=1S/C23H25ClN2O4/c24-19-8-3-1-6-17(19)16-30-20-9-4-2-7-18(20)22(27)25-11-13-26(14-12-25)23(28)21-10-5-15-29-21/h1-4,6-9,21H,5,10-16H2. The minimum atomic E-state index is -0.314. The predicted octanol–water partition coefficient (Wildman–Crippen LogP) is 3.38. The number of amides is 2. The van der Waals surface area contributed by atoms with Gasteiger partial charge in [0.05, 0.1) is 5.56 Å². The number of halogens is 1. The second-order valence-electron chi connectivity index (χ2n) is 7.50. The number of carbonyl (C=O) groups is 2. The van der Waals surface area contributed by atoms with E-state index in [9.17, 15) is 9.59 Å². The molecule has 6 nitrogen and oxygen atoms in total. The predicted molar refractivity (Wildman–Crippen MR) is 114 cm³/mol. The van der Waals surface area contributed by atoms with Gasteiger partial charge in [0.2, 0.25) is 0 Å². The molecule has 1 atom stereocenters. The summed E-state index contributed by atoms with van der Waals surface area (Å²) >= 11 is 6.20. The molecule has 0 spiro atoms. The van der Waals surface area contributed by atoms with Gasteiger partial charge in [-0.3, -0.25) is 9.59 Å². The molecule has 0 aromatic heterocycles. The first kappa shape index (κ1) is 20.7. The van der Waals surface area contributed by atoms with Crippen LogP contribution >= 0.6 is 11.6 Å². The van der Waals surface area contributed by atoms with E-state index in [0.29, 0.717) is 49.1 Å². The largest absolute Gasteiger partial charge is 0.488 e. The first-order valence-corrected chi connectivity index (χ1v) is 10.7. The molecule has 2 heterocycles. The highest BCUT2D eigenvalue weighted by Gasteiger charge is 2.32. The molecule has 2 amide bonds. The zero-order chi connectivity index (χ0) is 20.9. The first-order chi connectivity index (χ1) is 14.6. The first-order valence-electron chi connectivity index (χ1n) is 10.3. The zero-order valence-corrected chi connectivity index (χ0v) is 17.5. The maximum Gasteiger partial charge on any atom is 0.257 e. The van der Waals surface area contributed by atoms with E-state index in [0.717, 1.165) is 18.4 Å². The van der Waals surface area contributed by atoms with Crippen LogP contribution in [0, 0.1) is 0 Å². The monoisotopic (exact) mass is 428 g/mol. The number of rotatable bonds is 5. The van der Waals surface area contributed by atoms with Crippen LogP contribution < -0.4 is 4.74 Å². The van der Waals surface area contributed by atoms with E-state index in [4.69, 9.17) is 21.1 Å². The lowest BCUT2D eigenvalue weighted by atomic mass is 10.1. The van der Waals surface area contributed by atoms with Gasteiger partial charge in [0, 0.05) is 43.4 Å². The van der Waals surface area contributed by atoms with Crippen LogP contribution in [0.1, 0.15) is 28.8 Å². The van der Waals surface area contributed by atoms with Gasteiger partial charge < -0.3 is 19.3 Å². The van der Waals surface area contributed by atoms with Crippen molar-refractivity contribution in [2.75, 3.05) is 32.8 Å². The molecule has 2 aromatic rings. The molecule has 7 heteroatoms. The number of para-hydroxylation sites is 1. The van der Waals surface area contributed by atoms with Gasteiger partial charge in [0.15, 0.2) is 0 Å². The highest BCUT2D eigenvalue weighted by molar-refractivity contribution is 6.31. The fourth-order valence-electron chi connectivity index (χ4n) is 3.82. The third-order valence-corrected chi connectivity index (χ3v) is 5.91. The zero-order valence-electron chi connectivity index (χ0n) is 16.8. The summed E-state index contributed by atoms with van der Waals surface area (Å²) in [5.74, 6) is 0.484. The molecule has 30 heavy (non-hydrogen) atoms. The average molecular weight is 429 g/mol. The van der Waals surface area contributed by atoms with Crippen molar-refractivity contribution in [1.82, 2.24) is 9.80 Å². The van der Waals surface area contributed by atoms with Gasteiger partial charge in [-0.15, -0.1) is 0 Å². The topological polar surface area (TPSA) is 59.1 Å². The Morgan fingerprint density at radius 3 is 2.43 bits per heavy atom. The Morgan fingerprint density at radius 1 is 1.00 bits per heavy atom. The van der Waals surface area contributed by atoms with E-state index in [-0.39, 0.29) is 24.5 Å². The van der Waals surface area contributed by atoms with Crippen LogP contribution in [0.15, 0.2) is 48.5 Å². The maximum absolute atomic E-state index is 13.1. The highest BCUT2D eigenvalue weighted by Crippen LogP contribution is 2.24. The van der Waals surface area contributed by atoms with Gasteiger partial charge in [0.25, 0.3) is 11.8 Å². The van der Waals surface area contributed by atoms with Gasteiger partial charge in [-0.25, -0.2) is 0 Å². The summed E-state index contributed by atoms with van der Waals surface area (Å²) in [6.07, 6.45) is 1.40. The van der Waals surface area contributed by atoms with Crippen molar-refractivity contribution in [2.24, 2.45) is 0 Å². The van der Waals surface area contributed by atoms with Crippen LogP contribution in [-0.2, 0) is 16.1 Å². The summed E-state index contributed by atoms with van der Waals surface area (Å²) in [5.41, 5.74) is 1.38. The summed E-state index contributed by atoms with van der Waals surface area (Å²) in [6, 6.07) is 14.7. The molecule has 2 aliphatic heterocycles. The number of nitrogens with zero attached hydrogens (tertiary/aromatic N) is 2. The third kappa shape index (κ3) is 4.60. The number of hydrogen-bond acceptors (Lipinski definition) is 4. The minimum absolute atomic E-state index is 0.0445. The second-order valence-corrected chi connectivity index (χ2v) is 7.90. The average Bonchev–Trinajstić information content (AvgIpc) is 3.33. The Labute approximate surface area is 181 Å². The summed E-state index contributed by atoms with van der Waals surface area (Å²) in [6.45, 7) is 2.97. The smallest absolute Gasteiger partial charge is 0.257 e. The molecule has 0 N–H and O–H groups in total. The Balaban J connectivity index is 1.38. The Kier molecular flexibility index (Phi) is 6.55. The van der Waals surface area contributed by atoms with Crippen LogP contribution in [0.4, 0.5) is 0 Å². The summed E-state index contributed by atoms with van der Waals surface area (Å²) in [5, 5.41) is 0.633. The van der Waals surface area contributed by atoms with E-state index in [1.807, 2.05) is 36.4 Å². The molecular weight excluding hydrogens is 404 g/mol. The fourth-order valence-corrected chi connectivity index (χ4v) is 4.01. The summed E-state index contributed by atoms with van der Waals surface area (Å²) < 4.78 is 11.4. The summed E-state index contributed by atoms with van der Waals surface area (Å²) in [7, 11) is 0. The molecule has 2 fully saturated rings. The minimum Gasteiger partial charge on any atom is -0.488 e. The number of piperazine rings is 1. The van der Waals surface area contributed by atoms with Crippen molar-refractivity contribution in [3.63, 3.8) is 0 Å². The summed E-state index contributed by atoms with van der Waals surface area (Å²) in [4.78, 5) is 29.2. The van der Waals surface area contributed by atoms with Gasteiger partial charge in [-0.1, -0.05) is 41.9 Å². The second kappa shape index (κ2) is 9.49. The van der Waals surface area contributed by atoms with Gasteiger partial charge in [0.1, 0.15) is 18.5 Å². The lowest BCUT2D eigenvalue weighted by molar-refractivity contribution is -0.142. The Bertz CT molecular complexity index is 906. The van der Waals surface area contributed by atoms with E-state index in [2.05, 4.69) is 0 Å². The van der Waals surface area contributed by atoms with E-state index in [1.165, 1.54) is 0 Å². The number of benzene rings is 2. The van der Waals surface area contributed by atoms with E-state index in [1.54, 1.807) is 21.9 Å². The van der Waals surface area contributed by atoms with Crippen LogP contribution in [0.25, 0.3) is 0 Å². The van der Waals surface area contributed by atoms with Crippen LogP contribution in [0.2, 0.25) is 5.02 Å². The fraction of sp³-hybridized carbons (Fsp3) is 0.391. The molecule has 2 saturated heterocycles. The van der Waals surface area contributed by atoms with Crippen molar-refractivity contribution < 1.29 is 19.1 Å². The molecule has 0 aliphatic carbocycles. The molecule has 0 saturated carbocycles. The number of hydrogen-bond donors (Lipinski definition) is 0. The molecular formula is C23H25ClN2O4. The SMILES string of the molecule is O=C(c1ccccc1OCc1ccccc1Cl)N1CCN(C(=O)C2CCCO2)CC1. The maximum atomic E-state index is 13.1. The molecule has 4 rings (SSSR count). The number of carbonyl (C=O) groups excluding carboxylic acids is 2. The normalized spacial score (nSPS) is 19.0. The van der Waals surface area contributed by atoms with Crippen molar-refractivity contribution in [3.05, 3.63) is 64.7 Å². The lowest BCUT2D eigenvalue weighted by Crippen LogP contribution is -2.52. The molecule has 0 radical (unpaired) electrons. The van der Waals surface area contributed by atoms with Crippen LogP contribution in [0.3, 0.4) is 0 Å². The molecule has 2 aliphatic rings. The van der Waals surface area contributed by atoms with Crippen molar-refractivity contribution in [2.45, 2.75) is 25.6 Å². The van der Waals surface area contributed by atoms with Gasteiger partial charge >= 0.3 is 0 Å². The Morgan fingerprint density at radius 2 is 1.70 bits per heavy atom. The Hall–Kier alpha value is -2.57. The molecule has 1 unspecified atom stereocenters. The molecule has 2 aromatic carbocycles. The highest BCUT2D eigenvalue weighted by atomic mass is 35.5. The van der Waals surface area contributed by atoms with Crippen LogP contribution in [-0.4, -0.2) is 60.5 Å². The lowest BCUT2D eigenvalue weighted by Gasteiger charge is -2.36. The number of ether oxygens (including phenoxy) is 2. The van der Waals surface area contributed by atoms with Crippen molar-refractivity contribution in [3.8, 4) is 5.75 Å². The van der Waals surface area contributed by atoms with E-state index >= 15 is 0 Å². The van der Waals surface area contributed by atoms with Crippen molar-refractivity contribution >= 4 is 23.4 Å². The van der Waals surface area contributed by atoms with Crippen LogP contribution in [0.5, 0.6) is 5.75 Å². The van der Waals surface area contributed by atoms with Gasteiger partial charge in [-0.2, -0.15) is 0 Å². The van der Waals surface area contributed by atoms with E-state index < -0.39 is 0 Å². The third-order valence-electron chi connectivity index (χ3n) is 5.54. The quantitative estimate of drug-likeness (QED) is 0.732. The molecule has 0 bridgehead atoms. The molecule has 158 valence electrons. The van der Waals surface area contributed by atoms with Gasteiger partial charge in [-0.05, 0) is 31.0 Å². The van der Waals surface area contributed by atoms with Crippen molar-refractivity contribution in [1.29, 1.82) is 0 Å².